The van der Waals surface area contributed by atoms with Crippen molar-refractivity contribution < 1.29 is 4.74 Å². The monoisotopic (exact) mass is 215 g/mol. The summed E-state index contributed by atoms with van der Waals surface area (Å²) in [5.74, 6) is 0. The molecule has 2 N–H and O–H groups in total. The van der Waals surface area contributed by atoms with Crippen LogP contribution in [0.3, 0.4) is 0 Å². The number of aromatic nitrogens is 2. The summed E-state index contributed by atoms with van der Waals surface area (Å²) in [4.78, 5) is 0. The zero-order valence-electron chi connectivity index (χ0n) is 8.16. The quantitative estimate of drug-likeness (QED) is 0.829. The van der Waals surface area contributed by atoms with Crippen molar-refractivity contribution in [3.05, 3.63) is 11.3 Å². The minimum atomic E-state index is 0.247. The van der Waals surface area contributed by atoms with Gasteiger partial charge < -0.3 is 10.5 Å². The number of hydrogen-bond donors (Lipinski definition) is 1. The first-order valence-corrected chi connectivity index (χ1v) is 5.00. The van der Waals surface area contributed by atoms with Gasteiger partial charge in [-0.1, -0.05) is 11.6 Å². The molecular formula is C9H14ClN3O. The van der Waals surface area contributed by atoms with Gasteiger partial charge in [-0.2, -0.15) is 5.10 Å². The summed E-state index contributed by atoms with van der Waals surface area (Å²) in [6.07, 6.45) is 3.94. The third-order valence-electron chi connectivity index (χ3n) is 2.69. The molecule has 0 spiro atoms. The van der Waals surface area contributed by atoms with Crippen LogP contribution in [-0.2, 0) is 11.3 Å². The SMILES string of the molecule is COCC1(Cn2ncc(N)c2Cl)CC1. The average molecular weight is 216 g/mol. The Morgan fingerprint density at radius 3 is 2.86 bits per heavy atom. The molecule has 0 amide bonds. The number of methoxy groups -OCH3 is 1. The maximum atomic E-state index is 5.98. The van der Waals surface area contributed by atoms with Gasteiger partial charge in [0.2, 0.25) is 0 Å². The molecule has 5 heteroatoms. The van der Waals surface area contributed by atoms with Crippen LogP contribution in [-0.4, -0.2) is 23.5 Å². The van der Waals surface area contributed by atoms with E-state index in [1.807, 2.05) is 0 Å². The van der Waals surface area contributed by atoms with Gasteiger partial charge in [0.15, 0.2) is 0 Å². The Labute approximate surface area is 88.0 Å². The summed E-state index contributed by atoms with van der Waals surface area (Å²) in [6.45, 7) is 1.57. The van der Waals surface area contributed by atoms with E-state index in [9.17, 15) is 0 Å². The van der Waals surface area contributed by atoms with E-state index in [4.69, 9.17) is 22.1 Å². The molecule has 0 unspecified atom stereocenters. The lowest BCUT2D eigenvalue weighted by Crippen LogP contribution is -2.18. The van der Waals surface area contributed by atoms with E-state index in [0.717, 1.165) is 13.2 Å². The Bertz CT molecular complexity index is 333. The molecule has 1 saturated carbocycles. The first kappa shape index (κ1) is 9.80. The van der Waals surface area contributed by atoms with Crippen molar-refractivity contribution >= 4 is 17.3 Å². The molecular weight excluding hydrogens is 202 g/mol. The van der Waals surface area contributed by atoms with Crippen LogP contribution >= 0.6 is 11.6 Å². The number of nitrogens with two attached hydrogens (primary N) is 1. The fourth-order valence-corrected chi connectivity index (χ4v) is 1.80. The van der Waals surface area contributed by atoms with Crippen molar-refractivity contribution in [2.45, 2.75) is 19.4 Å². The molecule has 0 saturated heterocycles. The second-order valence-corrected chi connectivity index (χ2v) is 4.34. The number of anilines is 1. The summed E-state index contributed by atoms with van der Waals surface area (Å²) in [7, 11) is 1.72. The predicted molar refractivity (Wildman–Crippen MR) is 55.2 cm³/mol. The van der Waals surface area contributed by atoms with Crippen LogP contribution in [0.1, 0.15) is 12.8 Å². The molecule has 0 bridgehead atoms. The van der Waals surface area contributed by atoms with Gasteiger partial charge >= 0.3 is 0 Å². The number of rotatable bonds is 4. The number of hydrogen-bond acceptors (Lipinski definition) is 3. The highest BCUT2D eigenvalue weighted by Gasteiger charge is 2.43. The molecule has 0 radical (unpaired) electrons. The van der Waals surface area contributed by atoms with E-state index >= 15 is 0 Å². The molecule has 1 fully saturated rings. The molecule has 0 atom stereocenters. The lowest BCUT2D eigenvalue weighted by molar-refractivity contribution is 0.128. The van der Waals surface area contributed by atoms with Gasteiger partial charge in [0, 0.05) is 12.5 Å². The topological polar surface area (TPSA) is 53.1 Å². The lowest BCUT2D eigenvalue weighted by atomic mass is 10.1. The van der Waals surface area contributed by atoms with Crippen LogP contribution in [0.5, 0.6) is 0 Å². The molecule has 1 aromatic heterocycles. The highest BCUT2D eigenvalue weighted by molar-refractivity contribution is 6.31. The Morgan fingerprint density at radius 1 is 1.71 bits per heavy atom. The van der Waals surface area contributed by atoms with Gasteiger partial charge in [-0.15, -0.1) is 0 Å². The maximum Gasteiger partial charge on any atom is 0.150 e. The molecule has 0 aromatic carbocycles. The average Bonchev–Trinajstić information content (AvgIpc) is 2.85. The Hall–Kier alpha value is -0.740. The fourth-order valence-electron chi connectivity index (χ4n) is 1.64. The van der Waals surface area contributed by atoms with Crippen LogP contribution in [0, 0.1) is 5.41 Å². The molecule has 14 heavy (non-hydrogen) atoms. The van der Waals surface area contributed by atoms with E-state index in [-0.39, 0.29) is 5.41 Å². The molecule has 2 rings (SSSR count). The van der Waals surface area contributed by atoms with Gasteiger partial charge in [-0.3, -0.25) is 4.68 Å². The van der Waals surface area contributed by atoms with E-state index in [1.165, 1.54) is 12.8 Å². The van der Waals surface area contributed by atoms with Crippen LogP contribution in [0.2, 0.25) is 5.15 Å². The van der Waals surface area contributed by atoms with Crippen LogP contribution in [0.4, 0.5) is 5.69 Å². The Kier molecular flexibility index (Phi) is 2.41. The highest BCUT2D eigenvalue weighted by Crippen LogP contribution is 2.47. The van der Waals surface area contributed by atoms with Gasteiger partial charge in [-0.25, -0.2) is 0 Å². The van der Waals surface area contributed by atoms with Crippen molar-refractivity contribution in [1.82, 2.24) is 9.78 Å². The summed E-state index contributed by atoms with van der Waals surface area (Å²) in [5.41, 5.74) is 6.40. The summed E-state index contributed by atoms with van der Waals surface area (Å²) in [5, 5.41) is 4.66. The molecule has 0 aliphatic heterocycles. The smallest absolute Gasteiger partial charge is 0.150 e. The predicted octanol–water partition coefficient (Wildman–Crippen LogP) is 1.55. The van der Waals surface area contributed by atoms with Crippen LogP contribution in [0.25, 0.3) is 0 Å². The normalized spacial score (nSPS) is 18.4. The van der Waals surface area contributed by atoms with Crippen molar-refractivity contribution in [3.8, 4) is 0 Å². The molecule has 1 heterocycles. The summed E-state index contributed by atoms with van der Waals surface area (Å²) in [6, 6.07) is 0. The Morgan fingerprint density at radius 2 is 2.43 bits per heavy atom. The molecule has 4 nitrogen and oxygen atoms in total. The molecule has 1 aliphatic carbocycles. The number of nitrogen functional groups attached to an aromatic ring is 1. The van der Waals surface area contributed by atoms with Crippen molar-refractivity contribution in [2.24, 2.45) is 5.41 Å². The number of ether oxygens (including phenoxy) is 1. The van der Waals surface area contributed by atoms with Crippen molar-refractivity contribution in [3.63, 3.8) is 0 Å². The maximum absolute atomic E-state index is 5.98. The largest absolute Gasteiger partial charge is 0.395 e. The van der Waals surface area contributed by atoms with E-state index in [1.54, 1.807) is 18.0 Å². The van der Waals surface area contributed by atoms with Crippen molar-refractivity contribution in [1.29, 1.82) is 0 Å². The number of halogens is 1. The third-order valence-corrected chi connectivity index (χ3v) is 3.11. The third kappa shape index (κ3) is 1.72. The van der Waals surface area contributed by atoms with E-state index < -0.39 is 0 Å². The molecule has 1 aromatic rings. The lowest BCUT2D eigenvalue weighted by Gasteiger charge is -2.14. The van der Waals surface area contributed by atoms with Crippen LogP contribution < -0.4 is 5.73 Å². The highest BCUT2D eigenvalue weighted by atomic mass is 35.5. The van der Waals surface area contributed by atoms with Crippen LogP contribution in [0.15, 0.2) is 6.20 Å². The van der Waals surface area contributed by atoms with Gasteiger partial charge in [0.1, 0.15) is 5.15 Å². The van der Waals surface area contributed by atoms with E-state index in [0.29, 0.717) is 10.8 Å². The van der Waals surface area contributed by atoms with Gasteiger partial charge in [0.25, 0.3) is 0 Å². The van der Waals surface area contributed by atoms with Gasteiger partial charge in [-0.05, 0) is 12.8 Å². The minimum Gasteiger partial charge on any atom is -0.395 e. The summed E-state index contributed by atoms with van der Waals surface area (Å²) >= 11 is 5.98. The zero-order valence-corrected chi connectivity index (χ0v) is 8.92. The minimum absolute atomic E-state index is 0.247. The fraction of sp³-hybridized carbons (Fsp3) is 0.667. The second-order valence-electron chi connectivity index (χ2n) is 3.98. The van der Waals surface area contributed by atoms with Gasteiger partial charge in [0.05, 0.1) is 25.0 Å². The molecule has 78 valence electrons. The number of nitrogens with zero attached hydrogens (tertiary/aromatic N) is 2. The first-order valence-electron chi connectivity index (χ1n) is 4.63. The van der Waals surface area contributed by atoms with E-state index in [2.05, 4.69) is 5.10 Å². The standard InChI is InChI=1S/C9H14ClN3O/c1-14-6-9(2-3-9)5-13-8(10)7(11)4-12-13/h4H,2-3,5-6,11H2,1H3. The Balaban J connectivity index is 2.07. The summed E-state index contributed by atoms with van der Waals surface area (Å²) < 4.78 is 6.93. The first-order chi connectivity index (χ1) is 6.67. The zero-order chi connectivity index (χ0) is 10.2. The van der Waals surface area contributed by atoms with Crippen molar-refractivity contribution in [2.75, 3.05) is 19.5 Å². The second kappa shape index (κ2) is 3.44. The molecule has 1 aliphatic rings.